The predicted octanol–water partition coefficient (Wildman–Crippen LogP) is 4.69. The van der Waals surface area contributed by atoms with E-state index in [9.17, 15) is 9.18 Å². The first-order valence-corrected chi connectivity index (χ1v) is 10.2. The lowest BCUT2D eigenvalue weighted by atomic mass is 10.0. The predicted molar refractivity (Wildman–Crippen MR) is 113 cm³/mol. The van der Waals surface area contributed by atoms with Crippen molar-refractivity contribution in [2.24, 2.45) is 0 Å². The zero-order valence-electron chi connectivity index (χ0n) is 17.4. The van der Waals surface area contributed by atoms with Crippen molar-refractivity contribution in [2.45, 2.75) is 33.4 Å². The zero-order valence-corrected chi connectivity index (χ0v) is 17.4. The van der Waals surface area contributed by atoms with Crippen molar-refractivity contribution in [3.05, 3.63) is 82.1 Å². The quantitative estimate of drug-likeness (QED) is 0.521. The normalized spacial score (nSPS) is 13.5. The fourth-order valence-electron chi connectivity index (χ4n) is 4.10. The van der Waals surface area contributed by atoms with Crippen LogP contribution in [-0.2, 0) is 19.6 Å². The maximum Gasteiger partial charge on any atom is 0.254 e. The Bertz CT molecular complexity index is 1250. The molecular formula is C24H22FN3O3. The molecule has 1 N–H and O–H groups in total. The number of H-pyrrole nitrogens is 1. The molecule has 0 radical (unpaired) electrons. The third-order valence-electron chi connectivity index (χ3n) is 5.89. The van der Waals surface area contributed by atoms with Gasteiger partial charge in [-0.15, -0.1) is 0 Å². The highest BCUT2D eigenvalue weighted by molar-refractivity contribution is 5.95. The third kappa shape index (κ3) is 3.56. The van der Waals surface area contributed by atoms with Gasteiger partial charge in [0, 0.05) is 47.2 Å². The van der Waals surface area contributed by atoms with E-state index in [0.717, 1.165) is 45.6 Å². The van der Waals surface area contributed by atoms with E-state index in [4.69, 9.17) is 9.26 Å². The van der Waals surface area contributed by atoms with Crippen LogP contribution >= 0.6 is 0 Å². The highest BCUT2D eigenvalue weighted by Crippen LogP contribution is 2.29. The number of hydrogen-bond acceptors (Lipinski definition) is 4. The summed E-state index contributed by atoms with van der Waals surface area (Å²) in [5, 5.41) is 4.77. The molecule has 0 aliphatic carbocycles. The van der Waals surface area contributed by atoms with Crippen LogP contribution in [0.3, 0.4) is 0 Å². The Morgan fingerprint density at radius 1 is 1.23 bits per heavy atom. The van der Waals surface area contributed by atoms with Crippen LogP contribution in [0.15, 0.2) is 47.0 Å². The molecule has 0 atom stereocenters. The van der Waals surface area contributed by atoms with Crippen molar-refractivity contribution in [3.8, 4) is 5.75 Å². The van der Waals surface area contributed by atoms with Gasteiger partial charge in [0.15, 0.2) is 0 Å². The summed E-state index contributed by atoms with van der Waals surface area (Å²) >= 11 is 0. The summed E-state index contributed by atoms with van der Waals surface area (Å²) in [4.78, 5) is 18.2. The second-order valence-corrected chi connectivity index (χ2v) is 7.86. The molecule has 0 saturated heterocycles. The van der Waals surface area contributed by atoms with Crippen LogP contribution in [-0.4, -0.2) is 27.5 Å². The maximum atomic E-state index is 13.7. The molecule has 5 rings (SSSR count). The first kappa shape index (κ1) is 19.4. The first-order chi connectivity index (χ1) is 15.0. The number of ether oxygens (including phenoxy) is 1. The fraction of sp³-hybridized carbons (Fsp3) is 0.250. The Morgan fingerprint density at radius 2 is 2.03 bits per heavy atom. The number of fused-ring (bicyclic) bond motifs is 3. The lowest BCUT2D eigenvalue weighted by molar-refractivity contribution is 0.0735. The van der Waals surface area contributed by atoms with E-state index in [1.165, 1.54) is 12.1 Å². The van der Waals surface area contributed by atoms with Gasteiger partial charge < -0.3 is 19.1 Å². The number of hydrogen-bond donors (Lipinski definition) is 1. The number of halogens is 1. The molecule has 2 aromatic heterocycles. The minimum absolute atomic E-state index is 0.0475. The van der Waals surface area contributed by atoms with E-state index in [0.29, 0.717) is 31.0 Å². The number of aromatic amines is 1. The summed E-state index contributed by atoms with van der Waals surface area (Å²) in [5.41, 5.74) is 5.31. The standard InChI is InChI=1S/C24H22FN3O3/c1-14-21(15(2)31-27-14)13-30-18-6-3-16(4-7-18)24(29)28-10-9-23-20(12-28)19-11-17(25)5-8-22(19)26-23/h3-8,11,26H,9-10,12-13H2,1-2H3. The van der Waals surface area contributed by atoms with Gasteiger partial charge in [0.1, 0.15) is 23.9 Å². The van der Waals surface area contributed by atoms with Crippen LogP contribution in [0.5, 0.6) is 5.75 Å². The topological polar surface area (TPSA) is 71.4 Å². The number of benzene rings is 2. The molecule has 7 heteroatoms. The van der Waals surface area contributed by atoms with Gasteiger partial charge in [0.2, 0.25) is 0 Å². The molecule has 31 heavy (non-hydrogen) atoms. The average Bonchev–Trinajstić information content (AvgIpc) is 3.30. The molecule has 0 saturated carbocycles. The van der Waals surface area contributed by atoms with E-state index >= 15 is 0 Å². The van der Waals surface area contributed by atoms with Gasteiger partial charge in [-0.05, 0) is 56.3 Å². The highest BCUT2D eigenvalue weighted by atomic mass is 19.1. The van der Waals surface area contributed by atoms with Crippen LogP contribution in [0, 0.1) is 19.7 Å². The van der Waals surface area contributed by atoms with Crippen LogP contribution in [0.2, 0.25) is 0 Å². The molecule has 0 bridgehead atoms. The van der Waals surface area contributed by atoms with Crippen molar-refractivity contribution >= 4 is 16.8 Å². The summed E-state index contributed by atoms with van der Waals surface area (Å²) in [5.74, 6) is 1.09. The Kier molecular flexibility index (Phi) is 4.73. The van der Waals surface area contributed by atoms with Crippen molar-refractivity contribution < 1.29 is 18.4 Å². The molecule has 1 aliphatic heterocycles. The average molecular weight is 419 g/mol. The van der Waals surface area contributed by atoms with E-state index in [1.54, 1.807) is 35.2 Å². The van der Waals surface area contributed by atoms with Crippen LogP contribution in [0.1, 0.15) is 38.6 Å². The van der Waals surface area contributed by atoms with Gasteiger partial charge in [-0.1, -0.05) is 5.16 Å². The number of nitrogens with zero attached hydrogens (tertiary/aromatic N) is 2. The number of aromatic nitrogens is 2. The van der Waals surface area contributed by atoms with Gasteiger partial charge >= 0.3 is 0 Å². The second-order valence-electron chi connectivity index (χ2n) is 7.86. The van der Waals surface area contributed by atoms with E-state index < -0.39 is 0 Å². The molecule has 1 aliphatic rings. The Morgan fingerprint density at radius 3 is 2.77 bits per heavy atom. The Labute approximate surface area is 178 Å². The van der Waals surface area contributed by atoms with Gasteiger partial charge in [-0.25, -0.2) is 4.39 Å². The van der Waals surface area contributed by atoms with Gasteiger partial charge in [-0.2, -0.15) is 0 Å². The molecule has 6 nitrogen and oxygen atoms in total. The minimum atomic E-state index is -0.273. The summed E-state index contributed by atoms with van der Waals surface area (Å²) in [6.07, 6.45) is 0.718. The molecule has 2 aromatic carbocycles. The number of aryl methyl sites for hydroxylation is 2. The SMILES string of the molecule is Cc1noc(C)c1COc1ccc(C(=O)N2CCc3[nH]c4ccc(F)cc4c3C2)cc1. The molecule has 158 valence electrons. The molecule has 0 spiro atoms. The first-order valence-electron chi connectivity index (χ1n) is 10.2. The fourth-order valence-corrected chi connectivity index (χ4v) is 4.10. The van der Waals surface area contributed by atoms with Crippen molar-refractivity contribution in [2.75, 3.05) is 6.54 Å². The van der Waals surface area contributed by atoms with Crippen LogP contribution < -0.4 is 4.74 Å². The number of nitrogens with one attached hydrogen (secondary N) is 1. The maximum absolute atomic E-state index is 13.7. The number of carbonyl (C=O) groups is 1. The second kappa shape index (κ2) is 7.58. The lowest BCUT2D eigenvalue weighted by Crippen LogP contribution is -2.35. The van der Waals surface area contributed by atoms with E-state index in [2.05, 4.69) is 10.1 Å². The van der Waals surface area contributed by atoms with Crippen molar-refractivity contribution in [1.82, 2.24) is 15.0 Å². The molecule has 0 fully saturated rings. The Balaban J connectivity index is 1.29. The largest absolute Gasteiger partial charge is 0.489 e. The minimum Gasteiger partial charge on any atom is -0.489 e. The summed E-state index contributed by atoms with van der Waals surface area (Å²) < 4.78 is 24.7. The van der Waals surface area contributed by atoms with E-state index in [1.807, 2.05) is 13.8 Å². The zero-order chi connectivity index (χ0) is 21.5. The third-order valence-corrected chi connectivity index (χ3v) is 5.89. The van der Waals surface area contributed by atoms with Gasteiger partial charge in [0.25, 0.3) is 5.91 Å². The van der Waals surface area contributed by atoms with Crippen LogP contribution in [0.25, 0.3) is 10.9 Å². The van der Waals surface area contributed by atoms with Crippen molar-refractivity contribution in [3.63, 3.8) is 0 Å². The lowest BCUT2D eigenvalue weighted by Gasteiger charge is -2.27. The molecular weight excluding hydrogens is 397 g/mol. The monoisotopic (exact) mass is 419 g/mol. The van der Waals surface area contributed by atoms with Gasteiger partial charge in [0.05, 0.1) is 11.3 Å². The molecule has 0 unspecified atom stereocenters. The van der Waals surface area contributed by atoms with E-state index in [-0.39, 0.29) is 11.7 Å². The highest BCUT2D eigenvalue weighted by Gasteiger charge is 2.25. The van der Waals surface area contributed by atoms with Gasteiger partial charge in [-0.3, -0.25) is 4.79 Å². The number of rotatable bonds is 4. The summed E-state index contributed by atoms with van der Waals surface area (Å²) in [7, 11) is 0. The number of amides is 1. The smallest absolute Gasteiger partial charge is 0.254 e. The summed E-state index contributed by atoms with van der Waals surface area (Å²) in [6.45, 7) is 5.17. The Hall–Kier alpha value is -3.61. The molecule has 4 aromatic rings. The molecule has 3 heterocycles. The van der Waals surface area contributed by atoms with Crippen molar-refractivity contribution in [1.29, 1.82) is 0 Å². The molecule has 1 amide bonds. The summed E-state index contributed by atoms with van der Waals surface area (Å²) in [6, 6.07) is 11.9. The van der Waals surface area contributed by atoms with Crippen LogP contribution in [0.4, 0.5) is 4.39 Å². The number of carbonyl (C=O) groups excluding carboxylic acids is 1.